The average molecular weight is 413 g/mol. The van der Waals surface area contributed by atoms with Crippen molar-refractivity contribution in [1.82, 2.24) is 19.6 Å². The summed E-state index contributed by atoms with van der Waals surface area (Å²) in [6, 6.07) is 6.47. The summed E-state index contributed by atoms with van der Waals surface area (Å²) in [5.41, 5.74) is 0.511. The summed E-state index contributed by atoms with van der Waals surface area (Å²) in [5.74, 6) is -0.244. The van der Waals surface area contributed by atoms with E-state index in [1.807, 2.05) is 0 Å². The first-order valence-electron chi connectivity index (χ1n) is 6.95. The van der Waals surface area contributed by atoms with Crippen LogP contribution in [0.5, 0.6) is 0 Å². The zero-order valence-electron chi connectivity index (χ0n) is 12.3. The molecule has 0 saturated carbocycles. The predicted octanol–water partition coefficient (Wildman–Crippen LogP) is 3.32. The van der Waals surface area contributed by atoms with Crippen molar-refractivity contribution >= 4 is 39.3 Å². The second-order valence-corrected chi connectivity index (χ2v) is 6.31. The number of halogens is 3. The fraction of sp³-hybridized carbons (Fsp3) is 0.133. The van der Waals surface area contributed by atoms with Gasteiger partial charge in [-0.2, -0.15) is 10.2 Å². The Morgan fingerprint density at radius 3 is 2.79 bits per heavy atom. The SMILES string of the molecule is O=C(Cn1cc(Cl)cn1)Nc1nn(Cc2ccccc2F)cc1Br. The van der Waals surface area contributed by atoms with Crippen LogP contribution >= 0.6 is 27.5 Å². The Bertz CT molecular complexity index is 878. The van der Waals surface area contributed by atoms with Crippen molar-refractivity contribution in [2.75, 3.05) is 5.32 Å². The molecule has 0 bridgehead atoms. The number of rotatable bonds is 5. The van der Waals surface area contributed by atoms with E-state index in [2.05, 4.69) is 31.4 Å². The third-order valence-electron chi connectivity index (χ3n) is 3.17. The third kappa shape index (κ3) is 4.01. The Labute approximate surface area is 150 Å². The van der Waals surface area contributed by atoms with Crippen LogP contribution in [0.3, 0.4) is 0 Å². The van der Waals surface area contributed by atoms with E-state index in [-0.39, 0.29) is 24.8 Å². The largest absolute Gasteiger partial charge is 0.307 e. The summed E-state index contributed by atoms with van der Waals surface area (Å²) in [4.78, 5) is 12.0. The number of nitrogens with zero attached hydrogens (tertiary/aromatic N) is 4. The van der Waals surface area contributed by atoms with Crippen LogP contribution in [0.1, 0.15) is 5.56 Å². The van der Waals surface area contributed by atoms with Gasteiger partial charge in [-0.15, -0.1) is 0 Å². The first-order valence-corrected chi connectivity index (χ1v) is 8.12. The summed E-state index contributed by atoms with van der Waals surface area (Å²) in [5, 5.41) is 11.3. The highest BCUT2D eigenvalue weighted by atomic mass is 79.9. The van der Waals surface area contributed by atoms with Crippen molar-refractivity contribution < 1.29 is 9.18 Å². The second-order valence-electron chi connectivity index (χ2n) is 5.02. The molecule has 0 spiro atoms. The van der Waals surface area contributed by atoms with Crippen LogP contribution in [0.25, 0.3) is 0 Å². The predicted molar refractivity (Wildman–Crippen MR) is 91.3 cm³/mol. The highest BCUT2D eigenvalue weighted by molar-refractivity contribution is 9.10. The molecule has 3 rings (SSSR count). The first-order chi connectivity index (χ1) is 11.5. The molecule has 0 fully saturated rings. The molecule has 1 N–H and O–H groups in total. The van der Waals surface area contributed by atoms with E-state index in [0.29, 0.717) is 20.9 Å². The van der Waals surface area contributed by atoms with Crippen LogP contribution in [-0.4, -0.2) is 25.5 Å². The number of aromatic nitrogens is 4. The average Bonchev–Trinajstić information content (AvgIpc) is 3.08. The van der Waals surface area contributed by atoms with Gasteiger partial charge in [0.05, 0.1) is 22.2 Å². The fourth-order valence-electron chi connectivity index (χ4n) is 2.11. The summed E-state index contributed by atoms with van der Waals surface area (Å²) >= 11 is 9.09. The van der Waals surface area contributed by atoms with E-state index in [9.17, 15) is 9.18 Å². The van der Waals surface area contributed by atoms with Gasteiger partial charge in [-0.05, 0) is 22.0 Å². The molecule has 0 radical (unpaired) electrons. The lowest BCUT2D eigenvalue weighted by molar-refractivity contribution is -0.116. The molecule has 2 heterocycles. The topological polar surface area (TPSA) is 64.7 Å². The smallest absolute Gasteiger partial charge is 0.247 e. The van der Waals surface area contributed by atoms with Gasteiger partial charge in [-0.1, -0.05) is 29.8 Å². The minimum absolute atomic E-state index is 0.0132. The maximum absolute atomic E-state index is 13.7. The van der Waals surface area contributed by atoms with Crippen molar-refractivity contribution in [2.45, 2.75) is 13.1 Å². The highest BCUT2D eigenvalue weighted by Crippen LogP contribution is 2.21. The molecule has 24 heavy (non-hydrogen) atoms. The van der Waals surface area contributed by atoms with Gasteiger partial charge in [0, 0.05) is 18.0 Å². The van der Waals surface area contributed by atoms with Gasteiger partial charge in [0.15, 0.2) is 5.82 Å². The zero-order valence-corrected chi connectivity index (χ0v) is 14.6. The molecule has 0 saturated heterocycles. The van der Waals surface area contributed by atoms with Crippen LogP contribution in [0.4, 0.5) is 10.2 Å². The summed E-state index contributed by atoms with van der Waals surface area (Å²) < 4.78 is 17.3. The number of hydrogen-bond donors (Lipinski definition) is 1. The van der Waals surface area contributed by atoms with Crippen LogP contribution in [0.15, 0.2) is 47.3 Å². The molecule has 2 aromatic heterocycles. The van der Waals surface area contributed by atoms with Crippen molar-refractivity contribution in [1.29, 1.82) is 0 Å². The van der Waals surface area contributed by atoms with Crippen molar-refractivity contribution in [3.63, 3.8) is 0 Å². The maximum atomic E-state index is 13.7. The highest BCUT2D eigenvalue weighted by Gasteiger charge is 2.12. The van der Waals surface area contributed by atoms with E-state index in [1.54, 1.807) is 35.3 Å². The quantitative estimate of drug-likeness (QED) is 0.699. The van der Waals surface area contributed by atoms with E-state index < -0.39 is 0 Å². The first kappa shape index (κ1) is 16.7. The number of carbonyl (C=O) groups excluding carboxylic acids is 1. The van der Waals surface area contributed by atoms with Gasteiger partial charge >= 0.3 is 0 Å². The summed E-state index contributed by atoms with van der Waals surface area (Å²) in [6.45, 7) is 0.273. The third-order valence-corrected chi connectivity index (χ3v) is 3.95. The molecule has 9 heteroatoms. The minimum atomic E-state index is -0.301. The van der Waals surface area contributed by atoms with E-state index >= 15 is 0 Å². The molecular weight excluding hydrogens is 401 g/mol. The van der Waals surface area contributed by atoms with Crippen molar-refractivity contribution in [2.24, 2.45) is 0 Å². The van der Waals surface area contributed by atoms with Crippen molar-refractivity contribution in [3.8, 4) is 0 Å². The molecule has 1 aromatic carbocycles. The Morgan fingerprint density at radius 1 is 1.29 bits per heavy atom. The Morgan fingerprint density at radius 2 is 2.08 bits per heavy atom. The molecule has 0 aliphatic heterocycles. The molecule has 1 amide bonds. The van der Waals surface area contributed by atoms with Gasteiger partial charge in [0.2, 0.25) is 5.91 Å². The van der Waals surface area contributed by atoms with Crippen LogP contribution in [0, 0.1) is 5.82 Å². The number of carbonyl (C=O) groups is 1. The Hall–Kier alpha value is -2.19. The maximum Gasteiger partial charge on any atom is 0.247 e. The van der Waals surface area contributed by atoms with Crippen molar-refractivity contribution in [3.05, 3.63) is 63.7 Å². The fourth-order valence-corrected chi connectivity index (χ4v) is 2.68. The normalized spacial score (nSPS) is 10.8. The van der Waals surface area contributed by atoms with Crippen LogP contribution in [-0.2, 0) is 17.9 Å². The Kier molecular flexibility index (Phi) is 4.96. The summed E-state index contributed by atoms with van der Waals surface area (Å²) in [6.07, 6.45) is 4.67. The standard InChI is InChI=1S/C15H12BrClFN5O/c16-12-8-23(6-10-3-1-2-4-13(10)18)21-15(12)20-14(24)9-22-7-11(17)5-19-22/h1-5,7-8H,6,9H2,(H,20,21,24). The molecular formula is C15H12BrClFN5O. The number of anilines is 1. The number of benzene rings is 1. The molecule has 0 unspecified atom stereocenters. The second kappa shape index (κ2) is 7.14. The molecule has 124 valence electrons. The lowest BCUT2D eigenvalue weighted by Gasteiger charge is -2.04. The van der Waals surface area contributed by atoms with Gasteiger partial charge < -0.3 is 5.32 Å². The number of hydrogen-bond acceptors (Lipinski definition) is 3. The van der Waals surface area contributed by atoms with Crippen LogP contribution in [0.2, 0.25) is 5.02 Å². The van der Waals surface area contributed by atoms with Crippen LogP contribution < -0.4 is 5.32 Å². The van der Waals surface area contributed by atoms with E-state index in [0.717, 1.165) is 0 Å². The van der Waals surface area contributed by atoms with E-state index in [4.69, 9.17) is 11.6 Å². The monoisotopic (exact) mass is 411 g/mol. The number of nitrogens with one attached hydrogen (secondary N) is 1. The molecule has 0 aliphatic carbocycles. The number of amides is 1. The zero-order chi connectivity index (χ0) is 17.1. The lowest BCUT2D eigenvalue weighted by Crippen LogP contribution is -2.19. The molecule has 0 aliphatic rings. The van der Waals surface area contributed by atoms with Gasteiger partial charge in [0.25, 0.3) is 0 Å². The minimum Gasteiger partial charge on any atom is -0.307 e. The van der Waals surface area contributed by atoms with Gasteiger partial charge in [-0.3, -0.25) is 14.2 Å². The molecule has 0 atom stereocenters. The van der Waals surface area contributed by atoms with E-state index in [1.165, 1.54) is 16.9 Å². The summed E-state index contributed by atoms with van der Waals surface area (Å²) in [7, 11) is 0. The molecule has 3 aromatic rings. The van der Waals surface area contributed by atoms with Gasteiger partial charge in [-0.25, -0.2) is 4.39 Å². The van der Waals surface area contributed by atoms with Gasteiger partial charge in [0.1, 0.15) is 12.4 Å². The lowest BCUT2D eigenvalue weighted by atomic mass is 10.2. The Balaban J connectivity index is 1.67. The molecule has 6 nitrogen and oxygen atoms in total.